The van der Waals surface area contributed by atoms with Crippen LogP contribution in [0.5, 0.6) is 0 Å². The molecule has 1 aliphatic rings. The second kappa shape index (κ2) is 3.64. The molecule has 3 heteroatoms. The number of rotatable bonds is 2. The lowest BCUT2D eigenvalue weighted by Gasteiger charge is -2.22. The highest BCUT2D eigenvalue weighted by molar-refractivity contribution is 5.98. The van der Waals surface area contributed by atoms with Gasteiger partial charge in [-0.05, 0) is 12.5 Å². The topological polar surface area (TPSA) is 38.3 Å². The molecule has 11 heavy (non-hydrogen) atoms. The zero-order valence-electron chi connectivity index (χ0n) is 6.72. The van der Waals surface area contributed by atoms with Crippen molar-refractivity contribution in [1.82, 2.24) is 5.32 Å². The molecule has 1 aliphatic heterocycles. The highest BCUT2D eigenvalue weighted by Crippen LogP contribution is 2.00. The molecule has 0 aliphatic carbocycles. The SMILES string of the molecule is C=C(C)C(=O)C1COCCN1. The molecule has 0 spiro atoms. The average Bonchev–Trinajstić information content (AvgIpc) is 2.05. The molecule has 62 valence electrons. The van der Waals surface area contributed by atoms with Crippen molar-refractivity contribution in [3.63, 3.8) is 0 Å². The standard InChI is InChI=1S/C8H13NO2/c1-6(2)8(10)7-5-11-4-3-9-7/h7,9H,1,3-5H2,2H3. The summed E-state index contributed by atoms with van der Waals surface area (Å²) in [4.78, 5) is 11.3. The number of morpholine rings is 1. The average molecular weight is 155 g/mol. The summed E-state index contributed by atoms with van der Waals surface area (Å²) in [5.74, 6) is 0.0599. The molecule has 0 aromatic carbocycles. The minimum absolute atomic E-state index is 0.0599. The van der Waals surface area contributed by atoms with E-state index in [-0.39, 0.29) is 11.8 Å². The van der Waals surface area contributed by atoms with Crippen LogP contribution in [0.15, 0.2) is 12.2 Å². The van der Waals surface area contributed by atoms with Gasteiger partial charge in [0.2, 0.25) is 0 Å². The number of nitrogens with one attached hydrogen (secondary N) is 1. The first-order valence-electron chi connectivity index (χ1n) is 3.72. The highest BCUT2D eigenvalue weighted by Gasteiger charge is 2.20. The van der Waals surface area contributed by atoms with E-state index in [1.807, 2.05) is 0 Å². The van der Waals surface area contributed by atoms with E-state index in [0.717, 1.165) is 6.54 Å². The van der Waals surface area contributed by atoms with Gasteiger partial charge in [-0.1, -0.05) is 6.58 Å². The molecule has 3 nitrogen and oxygen atoms in total. The van der Waals surface area contributed by atoms with Gasteiger partial charge in [0.25, 0.3) is 0 Å². The van der Waals surface area contributed by atoms with E-state index in [1.54, 1.807) is 6.92 Å². The second-order valence-corrected chi connectivity index (χ2v) is 2.73. The molecule has 1 rings (SSSR count). The van der Waals surface area contributed by atoms with Crippen LogP contribution < -0.4 is 5.32 Å². The summed E-state index contributed by atoms with van der Waals surface area (Å²) in [5.41, 5.74) is 0.591. The van der Waals surface area contributed by atoms with E-state index >= 15 is 0 Å². The Hall–Kier alpha value is -0.670. The Morgan fingerprint density at radius 3 is 2.91 bits per heavy atom. The minimum atomic E-state index is -0.166. The highest BCUT2D eigenvalue weighted by atomic mass is 16.5. The van der Waals surface area contributed by atoms with Crippen molar-refractivity contribution >= 4 is 5.78 Å². The van der Waals surface area contributed by atoms with Gasteiger partial charge in [-0.15, -0.1) is 0 Å². The predicted molar refractivity (Wildman–Crippen MR) is 42.4 cm³/mol. The van der Waals surface area contributed by atoms with Crippen molar-refractivity contribution in [3.05, 3.63) is 12.2 Å². The van der Waals surface area contributed by atoms with E-state index in [4.69, 9.17) is 4.74 Å². The molecule has 0 saturated carbocycles. The molecule has 1 unspecified atom stereocenters. The van der Waals surface area contributed by atoms with Gasteiger partial charge in [0, 0.05) is 6.54 Å². The van der Waals surface area contributed by atoms with Gasteiger partial charge in [0.1, 0.15) is 0 Å². The predicted octanol–water partition coefficient (Wildman–Crippen LogP) is 0.120. The number of carbonyl (C=O) groups excluding carboxylic acids is 1. The molecule has 0 aromatic heterocycles. The summed E-state index contributed by atoms with van der Waals surface area (Å²) in [6.07, 6.45) is 0. The van der Waals surface area contributed by atoms with Crippen molar-refractivity contribution < 1.29 is 9.53 Å². The second-order valence-electron chi connectivity index (χ2n) is 2.73. The Morgan fingerprint density at radius 1 is 1.73 bits per heavy atom. The van der Waals surface area contributed by atoms with Crippen molar-refractivity contribution in [2.75, 3.05) is 19.8 Å². The lowest BCUT2D eigenvalue weighted by Crippen LogP contribution is -2.46. The van der Waals surface area contributed by atoms with E-state index < -0.39 is 0 Å². The maximum Gasteiger partial charge on any atom is 0.177 e. The third-order valence-corrected chi connectivity index (χ3v) is 1.66. The van der Waals surface area contributed by atoms with Gasteiger partial charge < -0.3 is 10.1 Å². The molecular formula is C8H13NO2. The third kappa shape index (κ3) is 2.13. The first kappa shape index (κ1) is 8.43. The van der Waals surface area contributed by atoms with Crippen LogP contribution in [0, 0.1) is 0 Å². The van der Waals surface area contributed by atoms with E-state index in [1.165, 1.54) is 0 Å². The van der Waals surface area contributed by atoms with Gasteiger partial charge in [0.05, 0.1) is 19.3 Å². The van der Waals surface area contributed by atoms with Crippen LogP contribution in [-0.2, 0) is 9.53 Å². The molecule has 0 amide bonds. The fourth-order valence-electron chi connectivity index (χ4n) is 1.03. The molecule has 1 N–H and O–H groups in total. The first-order chi connectivity index (χ1) is 5.22. The number of ketones is 1. The van der Waals surface area contributed by atoms with Crippen molar-refractivity contribution in [3.8, 4) is 0 Å². The Morgan fingerprint density at radius 2 is 2.45 bits per heavy atom. The van der Waals surface area contributed by atoms with Crippen LogP contribution in [0.4, 0.5) is 0 Å². The van der Waals surface area contributed by atoms with Gasteiger partial charge in [-0.25, -0.2) is 0 Å². The molecular weight excluding hydrogens is 142 g/mol. The van der Waals surface area contributed by atoms with E-state index in [2.05, 4.69) is 11.9 Å². The Labute approximate surface area is 66.4 Å². The van der Waals surface area contributed by atoms with Gasteiger partial charge in [-0.3, -0.25) is 4.79 Å². The fourth-order valence-corrected chi connectivity index (χ4v) is 1.03. The van der Waals surface area contributed by atoms with Crippen LogP contribution in [0.25, 0.3) is 0 Å². The van der Waals surface area contributed by atoms with E-state index in [9.17, 15) is 4.79 Å². The fraction of sp³-hybridized carbons (Fsp3) is 0.625. The summed E-state index contributed by atoms with van der Waals surface area (Å²) in [6, 6.07) is -0.166. The van der Waals surface area contributed by atoms with Crippen LogP contribution in [0.1, 0.15) is 6.92 Å². The zero-order valence-corrected chi connectivity index (χ0v) is 6.72. The van der Waals surface area contributed by atoms with Crippen molar-refractivity contribution in [2.45, 2.75) is 13.0 Å². The quantitative estimate of drug-likeness (QED) is 0.576. The summed E-state index contributed by atoms with van der Waals surface area (Å²) >= 11 is 0. The Kier molecular flexibility index (Phi) is 2.79. The largest absolute Gasteiger partial charge is 0.378 e. The van der Waals surface area contributed by atoms with Gasteiger partial charge in [0.15, 0.2) is 5.78 Å². The number of hydrogen-bond acceptors (Lipinski definition) is 3. The number of ether oxygens (including phenoxy) is 1. The normalized spacial score (nSPS) is 24.6. The molecule has 0 radical (unpaired) electrons. The number of hydrogen-bond donors (Lipinski definition) is 1. The molecule has 0 aromatic rings. The zero-order chi connectivity index (χ0) is 8.27. The monoisotopic (exact) mass is 155 g/mol. The first-order valence-corrected chi connectivity index (χ1v) is 3.72. The lowest BCUT2D eigenvalue weighted by molar-refractivity contribution is -0.120. The molecule has 1 saturated heterocycles. The van der Waals surface area contributed by atoms with Crippen LogP contribution >= 0.6 is 0 Å². The van der Waals surface area contributed by atoms with Crippen molar-refractivity contribution in [1.29, 1.82) is 0 Å². The molecule has 1 atom stereocenters. The summed E-state index contributed by atoms with van der Waals surface area (Å²) in [5, 5.41) is 3.06. The maximum absolute atomic E-state index is 11.3. The minimum Gasteiger partial charge on any atom is -0.378 e. The molecule has 0 bridgehead atoms. The summed E-state index contributed by atoms with van der Waals surface area (Å²) in [6.45, 7) is 7.23. The molecule has 1 fully saturated rings. The lowest BCUT2D eigenvalue weighted by atomic mass is 10.1. The van der Waals surface area contributed by atoms with Crippen LogP contribution in [0.2, 0.25) is 0 Å². The van der Waals surface area contributed by atoms with E-state index in [0.29, 0.717) is 18.8 Å². The Bertz CT molecular complexity index is 171. The molecule has 1 heterocycles. The van der Waals surface area contributed by atoms with Crippen LogP contribution in [0.3, 0.4) is 0 Å². The number of Topliss-reactive ketones (excluding diaryl/α,β-unsaturated/α-hetero) is 1. The summed E-state index contributed by atoms with van der Waals surface area (Å²) < 4.78 is 5.13. The summed E-state index contributed by atoms with van der Waals surface area (Å²) in [7, 11) is 0. The third-order valence-electron chi connectivity index (χ3n) is 1.66. The smallest absolute Gasteiger partial charge is 0.177 e. The number of carbonyl (C=O) groups is 1. The van der Waals surface area contributed by atoms with Crippen molar-refractivity contribution in [2.24, 2.45) is 0 Å². The van der Waals surface area contributed by atoms with Gasteiger partial charge >= 0.3 is 0 Å². The van der Waals surface area contributed by atoms with Crippen LogP contribution in [-0.4, -0.2) is 31.6 Å². The Balaban J connectivity index is 2.45. The van der Waals surface area contributed by atoms with Gasteiger partial charge in [-0.2, -0.15) is 0 Å². The maximum atomic E-state index is 11.3.